The molecule has 0 radical (unpaired) electrons. The molecule has 1 amide bonds. The van der Waals surface area contributed by atoms with E-state index in [0.717, 1.165) is 15.9 Å². The van der Waals surface area contributed by atoms with Gasteiger partial charge in [-0.25, -0.2) is 4.99 Å². The number of halogens is 3. The molecule has 2 heterocycles. The number of nitrogens with zero attached hydrogens (tertiary/aromatic N) is 3. The van der Waals surface area contributed by atoms with Gasteiger partial charge in [0, 0.05) is 14.1 Å². The minimum absolute atomic E-state index is 0.0768. The quantitative estimate of drug-likeness (QED) is 0.173. The number of para-hydroxylation sites is 1. The summed E-state index contributed by atoms with van der Waals surface area (Å²) in [5, 5.41) is 36.9. The molecule has 38 heavy (non-hydrogen) atoms. The average molecular weight is 545 g/mol. The summed E-state index contributed by atoms with van der Waals surface area (Å²) in [4.78, 5) is 17.3. The molecule has 0 saturated heterocycles. The summed E-state index contributed by atoms with van der Waals surface area (Å²) in [5.41, 5.74) is -1.78. The maximum atomic E-state index is 14.0. The molecule has 12 heteroatoms. The number of hydrogen-bond acceptors (Lipinski definition) is 7. The molecular formula is C26H23F3N4O4S. The van der Waals surface area contributed by atoms with Gasteiger partial charge >= 0.3 is 6.18 Å². The number of anilines is 2. The van der Waals surface area contributed by atoms with Gasteiger partial charge < -0.3 is 25.5 Å². The van der Waals surface area contributed by atoms with E-state index in [9.17, 15) is 33.3 Å². The van der Waals surface area contributed by atoms with Crippen LogP contribution < -0.4 is 5.32 Å². The zero-order valence-corrected chi connectivity index (χ0v) is 21.0. The van der Waals surface area contributed by atoms with Gasteiger partial charge in [0.05, 0.1) is 22.7 Å². The number of benzene rings is 2. The molecule has 0 atom stereocenters. The van der Waals surface area contributed by atoms with Gasteiger partial charge in [-0.2, -0.15) is 13.2 Å². The summed E-state index contributed by atoms with van der Waals surface area (Å²) < 4.78 is 43.0. The Bertz CT molecular complexity index is 1480. The molecule has 2 aromatic heterocycles. The fourth-order valence-corrected chi connectivity index (χ4v) is 4.43. The molecule has 0 aliphatic carbocycles. The van der Waals surface area contributed by atoms with Crippen molar-refractivity contribution in [3.05, 3.63) is 82.0 Å². The molecule has 0 spiro atoms. The van der Waals surface area contributed by atoms with Gasteiger partial charge in [0.25, 0.3) is 5.91 Å². The number of amides is 1. The van der Waals surface area contributed by atoms with E-state index >= 15 is 0 Å². The minimum Gasteiger partial charge on any atom is -0.505 e. The SMILES string of the molecule is CN(C)C(=O)c1cccc(Nc2c(N=C(c3cccs3)C(F)(F)F)c(O)n(Cc3ccccc3)c2O)c1O. The van der Waals surface area contributed by atoms with Crippen LogP contribution in [0.3, 0.4) is 0 Å². The van der Waals surface area contributed by atoms with Gasteiger partial charge in [-0.15, -0.1) is 11.3 Å². The highest BCUT2D eigenvalue weighted by Gasteiger charge is 2.39. The van der Waals surface area contributed by atoms with Gasteiger partial charge in [0.1, 0.15) is 5.69 Å². The normalized spacial score (nSPS) is 12.0. The molecule has 0 aliphatic heterocycles. The van der Waals surface area contributed by atoms with Crippen LogP contribution in [-0.2, 0) is 6.54 Å². The van der Waals surface area contributed by atoms with Crippen LogP contribution in [0.25, 0.3) is 0 Å². The number of alkyl halides is 3. The number of nitrogens with one attached hydrogen (secondary N) is 1. The first kappa shape index (κ1) is 26.6. The Kier molecular flexibility index (Phi) is 7.35. The molecule has 4 N–H and O–H groups in total. The number of phenolic OH excluding ortho intramolecular Hbond substituents is 1. The van der Waals surface area contributed by atoms with Gasteiger partial charge in [-0.05, 0) is 29.1 Å². The van der Waals surface area contributed by atoms with Crippen molar-refractivity contribution >= 4 is 40.0 Å². The largest absolute Gasteiger partial charge is 0.505 e. The first-order chi connectivity index (χ1) is 18.0. The summed E-state index contributed by atoms with van der Waals surface area (Å²) in [7, 11) is 2.98. The summed E-state index contributed by atoms with van der Waals surface area (Å²) >= 11 is 0.812. The summed E-state index contributed by atoms with van der Waals surface area (Å²) in [6.07, 6.45) is -4.88. The predicted molar refractivity (Wildman–Crippen MR) is 139 cm³/mol. The van der Waals surface area contributed by atoms with Crippen molar-refractivity contribution in [2.24, 2.45) is 4.99 Å². The third kappa shape index (κ3) is 5.30. The van der Waals surface area contributed by atoms with Crippen molar-refractivity contribution < 1.29 is 33.3 Å². The van der Waals surface area contributed by atoms with Crippen LogP contribution in [0.1, 0.15) is 20.8 Å². The van der Waals surface area contributed by atoms with Crippen molar-refractivity contribution in [2.45, 2.75) is 12.7 Å². The van der Waals surface area contributed by atoms with Crippen molar-refractivity contribution in [3.63, 3.8) is 0 Å². The average Bonchev–Trinajstić information content (AvgIpc) is 3.47. The fraction of sp³-hybridized carbons (Fsp3) is 0.154. The van der Waals surface area contributed by atoms with E-state index in [1.54, 1.807) is 30.3 Å². The number of carbonyl (C=O) groups excluding carboxylic acids is 1. The maximum absolute atomic E-state index is 14.0. The Labute approximate surface area is 219 Å². The van der Waals surface area contributed by atoms with Gasteiger partial charge in [-0.1, -0.05) is 42.5 Å². The van der Waals surface area contributed by atoms with Gasteiger partial charge in [-0.3, -0.25) is 9.36 Å². The van der Waals surface area contributed by atoms with E-state index in [2.05, 4.69) is 10.3 Å². The number of aliphatic imine (C=N–C) groups is 1. The van der Waals surface area contributed by atoms with Gasteiger partial charge in [0.15, 0.2) is 17.1 Å². The van der Waals surface area contributed by atoms with Crippen LogP contribution in [-0.4, -0.2) is 56.7 Å². The molecule has 0 unspecified atom stereocenters. The van der Waals surface area contributed by atoms with E-state index in [1.807, 2.05) is 0 Å². The van der Waals surface area contributed by atoms with Crippen LogP contribution in [0.4, 0.5) is 30.2 Å². The highest BCUT2D eigenvalue weighted by molar-refractivity contribution is 7.12. The first-order valence-corrected chi connectivity index (χ1v) is 12.1. The summed E-state index contributed by atoms with van der Waals surface area (Å²) in [6.45, 7) is -0.0891. The number of aromatic hydroxyl groups is 3. The molecule has 2 aromatic carbocycles. The lowest BCUT2D eigenvalue weighted by Gasteiger charge is -2.15. The Hall–Kier alpha value is -4.45. The lowest BCUT2D eigenvalue weighted by Crippen LogP contribution is -2.22. The van der Waals surface area contributed by atoms with Crippen molar-refractivity contribution in [1.82, 2.24) is 9.47 Å². The number of phenols is 1. The number of thiophene rings is 1. The summed E-state index contributed by atoms with van der Waals surface area (Å²) in [5.74, 6) is -2.37. The Morgan fingerprint density at radius 3 is 2.32 bits per heavy atom. The van der Waals surface area contributed by atoms with Crippen LogP contribution >= 0.6 is 11.3 Å². The molecular weight excluding hydrogens is 521 g/mol. The van der Waals surface area contributed by atoms with Crippen molar-refractivity contribution in [1.29, 1.82) is 0 Å². The Morgan fingerprint density at radius 1 is 1.00 bits per heavy atom. The van der Waals surface area contributed by atoms with Crippen LogP contribution in [0.5, 0.6) is 17.5 Å². The number of rotatable bonds is 7. The standard InChI is InChI=1S/C26H23F3N4O4S/c1-32(2)23(35)16-10-6-11-17(21(16)34)30-19-20(31-22(26(27,28)29)18-12-7-13-38-18)25(37)33(24(19)36)14-15-8-4-3-5-9-15/h3-13,30,34,36-37H,14H2,1-2H3. The molecule has 4 rings (SSSR count). The zero-order valence-electron chi connectivity index (χ0n) is 20.2. The van der Waals surface area contributed by atoms with Crippen molar-refractivity contribution in [3.8, 4) is 17.5 Å². The topological polar surface area (TPSA) is 110 Å². The van der Waals surface area contributed by atoms with E-state index in [-0.39, 0.29) is 28.4 Å². The number of hydrogen-bond donors (Lipinski definition) is 4. The van der Waals surface area contributed by atoms with Crippen LogP contribution in [0, 0.1) is 0 Å². The second-order valence-electron chi connectivity index (χ2n) is 8.40. The number of aromatic nitrogens is 1. The molecule has 4 aromatic rings. The molecule has 0 saturated carbocycles. The molecule has 0 aliphatic rings. The lowest BCUT2D eigenvalue weighted by atomic mass is 10.1. The minimum atomic E-state index is -4.88. The fourth-order valence-electron chi connectivity index (χ4n) is 3.69. The lowest BCUT2D eigenvalue weighted by molar-refractivity contribution is -0.0578. The molecule has 198 valence electrons. The molecule has 8 nitrogen and oxygen atoms in total. The van der Waals surface area contributed by atoms with E-state index < -0.39 is 41.0 Å². The van der Waals surface area contributed by atoms with Crippen molar-refractivity contribution in [2.75, 3.05) is 19.4 Å². The molecule has 0 bridgehead atoms. The van der Waals surface area contributed by atoms with E-state index in [4.69, 9.17) is 0 Å². The monoisotopic (exact) mass is 544 g/mol. The third-order valence-electron chi connectivity index (χ3n) is 5.55. The van der Waals surface area contributed by atoms with E-state index in [1.165, 1.54) is 54.7 Å². The summed E-state index contributed by atoms with van der Waals surface area (Å²) in [6, 6.07) is 15.5. The Morgan fingerprint density at radius 2 is 1.71 bits per heavy atom. The number of carbonyl (C=O) groups is 1. The third-order valence-corrected chi connectivity index (χ3v) is 6.42. The van der Waals surface area contributed by atoms with Crippen LogP contribution in [0.2, 0.25) is 0 Å². The van der Waals surface area contributed by atoms with E-state index in [0.29, 0.717) is 5.56 Å². The van der Waals surface area contributed by atoms with Gasteiger partial charge in [0.2, 0.25) is 11.8 Å². The Balaban J connectivity index is 1.90. The smallest absolute Gasteiger partial charge is 0.434 e. The first-order valence-electron chi connectivity index (χ1n) is 11.2. The van der Waals surface area contributed by atoms with Crippen LogP contribution in [0.15, 0.2) is 71.0 Å². The second-order valence-corrected chi connectivity index (χ2v) is 9.35. The second kappa shape index (κ2) is 10.5. The maximum Gasteiger partial charge on any atom is 0.434 e. The zero-order chi connectivity index (χ0) is 27.6. The highest BCUT2D eigenvalue weighted by atomic mass is 32.1. The highest BCUT2D eigenvalue weighted by Crippen LogP contribution is 2.49. The molecule has 0 fully saturated rings. The predicted octanol–water partition coefficient (Wildman–Crippen LogP) is 5.84.